The first-order valence-electron chi connectivity index (χ1n) is 5.93. The van der Waals surface area contributed by atoms with Gasteiger partial charge in [0.25, 0.3) is 0 Å². The molecule has 3 rings (SSSR count). The van der Waals surface area contributed by atoms with Gasteiger partial charge < -0.3 is 0 Å². The molecule has 0 saturated carbocycles. The molecule has 0 atom stereocenters. The van der Waals surface area contributed by atoms with Crippen LogP contribution in [0.25, 0.3) is 11.1 Å². The summed E-state index contributed by atoms with van der Waals surface area (Å²) in [5, 5.41) is -0.425. The molecule has 2 nitrogen and oxygen atoms in total. The van der Waals surface area contributed by atoms with Gasteiger partial charge in [0.1, 0.15) is 10.1 Å². The molecular weight excluding hydrogens is 295 g/mol. The second-order valence-electron chi connectivity index (χ2n) is 4.41. The monoisotopic (exact) mass is 302 g/mol. The zero-order valence-corrected chi connectivity index (χ0v) is 11.7. The first kappa shape index (κ1) is 13.1. The Morgan fingerprint density at radius 1 is 0.650 bits per heavy atom. The van der Waals surface area contributed by atoms with Crippen molar-refractivity contribution >= 4 is 34.8 Å². The van der Waals surface area contributed by atoms with Gasteiger partial charge in [-0.25, -0.2) is 0 Å². The van der Waals surface area contributed by atoms with Crippen LogP contribution < -0.4 is 0 Å². The maximum Gasteiger partial charge on any atom is 0.206 e. The molecule has 0 unspecified atom stereocenters. The molecule has 0 aromatic heterocycles. The molecule has 0 fully saturated rings. The zero-order valence-electron chi connectivity index (χ0n) is 10.2. The van der Waals surface area contributed by atoms with Crippen molar-refractivity contribution in [1.82, 2.24) is 0 Å². The van der Waals surface area contributed by atoms with Crippen LogP contribution in [0.4, 0.5) is 0 Å². The van der Waals surface area contributed by atoms with Gasteiger partial charge in [-0.2, -0.15) is 0 Å². The minimum atomic E-state index is -0.413. The van der Waals surface area contributed by atoms with Gasteiger partial charge in [-0.1, -0.05) is 59.6 Å². The summed E-state index contributed by atoms with van der Waals surface area (Å²) in [6.07, 6.45) is 0. The van der Waals surface area contributed by atoms with Crippen LogP contribution in [-0.4, -0.2) is 11.6 Å². The van der Waals surface area contributed by atoms with Crippen LogP contribution in [0.1, 0.15) is 20.7 Å². The van der Waals surface area contributed by atoms with E-state index in [1.807, 2.05) is 30.3 Å². The average Bonchev–Trinajstić information content (AvgIpc) is 2.51. The second kappa shape index (κ2) is 4.89. The molecule has 1 aliphatic carbocycles. The maximum atomic E-state index is 12.1. The lowest BCUT2D eigenvalue weighted by Crippen LogP contribution is -2.17. The van der Waals surface area contributed by atoms with Crippen molar-refractivity contribution in [1.29, 1.82) is 0 Å². The van der Waals surface area contributed by atoms with Crippen LogP contribution in [0.3, 0.4) is 0 Å². The van der Waals surface area contributed by atoms with Gasteiger partial charge in [0.15, 0.2) is 0 Å². The molecular formula is C16H8Cl2O2. The van der Waals surface area contributed by atoms with Crippen molar-refractivity contribution < 1.29 is 9.59 Å². The summed E-state index contributed by atoms with van der Waals surface area (Å²) in [6.45, 7) is 0. The van der Waals surface area contributed by atoms with E-state index in [1.165, 1.54) is 0 Å². The first-order chi connectivity index (χ1) is 9.59. The van der Waals surface area contributed by atoms with Crippen molar-refractivity contribution in [2.45, 2.75) is 0 Å². The number of hydrogen-bond acceptors (Lipinski definition) is 2. The number of fused-ring (bicyclic) bond motifs is 1. The van der Waals surface area contributed by atoms with E-state index < -0.39 is 11.6 Å². The molecule has 2 aromatic rings. The largest absolute Gasteiger partial charge is 0.288 e. The van der Waals surface area contributed by atoms with E-state index >= 15 is 0 Å². The normalized spacial score (nSPS) is 14.5. The van der Waals surface area contributed by atoms with E-state index in [4.69, 9.17) is 23.2 Å². The number of rotatable bonds is 1. The first-order valence-corrected chi connectivity index (χ1v) is 6.69. The molecule has 0 spiro atoms. The number of ketones is 2. The fourth-order valence-corrected chi connectivity index (χ4v) is 2.55. The van der Waals surface area contributed by atoms with Crippen LogP contribution in [0.15, 0.2) is 58.6 Å². The number of Topliss-reactive ketones (excluding diaryl/α,β-unsaturated/α-hetero) is 2. The Morgan fingerprint density at radius 2 is 1.25 bits per heavy atom. The molecule has 20 heavy (non-hydrogen) atoms. The van der Waals surface area contributed by atoms with Crippen LogP contribution in [0, 0.1) is 0 Å². The van der Waals surface area contributed by atoms with Gasteiger partial charge in [0.05, 0.1) is 0 Å². The molecule has 0 saturated heterocycles. The van der Waals surface area contributed by atoms with E-state index in [0.29, 0.717) is 11.1 Å². The Bertz CT molecular complexity index is 761. The van der Waals surface area contributed by atoms with Crippen LogP contribution in [-0.2, 0) is 0 Å². The lowest BCUT2D eigenvalue weighted by molar-refractivity contribution is 0.0987. The number of benzene rings is 2. The third-order valence-corrected chi connectivity index (χ3v) is 4.03. The topological polar surface area (TPSA) is 34.1 Å². The second-order valence-corrected chi connectivity index (χ2v) is 5.17. The van der Waals surface area contributed by atoms with Crippen molar-refractivity contribution in [2.75, 3.05) is 0 Å². The molecule has 0 heterocycles. The van der Waals surface area contributed by atoms with E-state index in [2.05, 4.69) is 0 Å². The lowest BCUT2D eigenvalue weighted by atomic mass is 9.91. The lowest BCUT2D eigenvalue weighted by Gasteiger charge is -2.15. The van der Waals surface area contributed by atoms with Crippen molar-refractivity contribution in [3.05, 3.63) is 69.7 Å². The van der Waals surface area contributed by atoms with Crippen LogP contribution >= 0.6 is 23.2 Å². The highest BCUT2D eigenvalue weighted by Gasteiger charge is 2.30. The number of carbonyl (C=O) groups is 2. The molecule has 4 heteroatoms. The Kier molecular flexibility index (Phi) is 3.20. The van der Waals surface area contributed by atoms with Gasteiger partial charge >= 0.3 is 0 Å². The molecule has 98 valence electrons. The molecule has 0 amide bonds. The number of allylic oxidation sites excluding steroid dienone is 2. The summed E-state index contributed by atoms with van der Waals surface area (Å²) in [5.74, 6) is -0.824. The minimum Gasteiger partial charge on any atom is -0.288 e. The van der Waals surface area contributed by atoms with Crippen molar-refractivity contribution in [3.8, 4) is 11.1 Å². The summed E-state index contributed by atoms with van der Waals surface area (Å²) >= 11 is 11.6. The quantitative estimate of drug-likeness (QED) is 0.781. The van der Waals surface area contributed by atoms with E-state index in [1.54, 1.807) is 18.2 Å². The van der Waals surface area contributed by atoms with Crippen molar-refractivity contribution in [2.24, 2.45) is 0 Å². The summed E-state index contributed by atoms with van der Waals surface area (Å²) < 4.78 is 0. The van der Waals surface area contributed by atoms with Gasteiger partial charge in [-0.15, -0.1) is 0 Å². The molecule has 1 aliphatic rings. The van der Waals surface area contributed by atoms with E-state index in [0.717, 1.165) is 11.1 Å². The molecule has 2 aromatic carbocycles. The SMILES string of the molecule is O=C1C(Cl)=C(Cl)C(=O)c2cc(-c3ccccc3)ccc21. The van der Waals surface area contributed by atoms with E-state index in [-0.39, 0.29) is 10.1 Å². The summed E-state index contributed by atoms with van der Waals surface area (Å²) in [4.78, 5) is 24.1. The number of halogens is 2. The fourth-order valence-electron chi connectivity index (χ4n) is 2.18. The zero-order chi connectivity index (χ0) is 14.3. The predicted molar refractivity (Wildman–Crippen MR) is 79.3 cm³/mol. The van der Waals surface area contributed by atoms with Crippen LogP contribution in [0.5, 0.6) is 0 Å². The number of carbonyl (C=O) groups excluding carboxylic acids is 2. The highest BCUT2D eigenvalue weighted by molar-refractivity contribution is 6.59. The molecule has 0 radical (unpaired) electrons. The van der Waals surface area contributed by atoms with Gasteiger partial charge in [-0.3, -0.25) is 9.59 Å². The summed E-state index contributed by atoms with van der Waals surface area (Å²) in [6, 6.07) is 14.7. The highest BCUT2D eigenvalue weighted by Crippen LogP contribution is 2.33. The average molecular weight is 303 g/mol. The minimum absolute atomic E-state index is 0.211. The Labute approximate surface area is 125 Å². The van der Waals surface area contributed by atoms with Crippen LogP contribution in [0.2, 0.25) is 0 Å². The van der Waals surface area contributed by atoms with E-state index in [9.17, 15) is 9.59 Å². The van der Waals surface area contributed by atoms with Gasteiger partial charge in [0, 0.05) is 11.1 Å². The third kappa shape index (κ3) is 1.98. The Balaban J connectivity index is 2.18. The van der Waals surface area contributed by atoms with Gasteiger partial charge in [-0.05, 0) is 23.3 Å². The van der Waals surface area contributed by atoms with Crippen molar-refractivity contribution in [3.63, 3.8) is 0 Å². The highest BCUT2D eigenvalue weighted by atomic mass is 35.5. The smallest absolute Gasteiger partial charge is 0.206 e. The summed E-state index contributed by atoms with van der Waals surface area (Å²) in [5.41, 5.74) is 2.41. The molecule has 0 bridgehead atoms. The summed E-state index contributed by atoms with van der Waals surface area (Å²) in [7, 11) is 0. The molecule has 0 aliphatic heterocycles. The fraction of sp³-hybridized carbons (Fsp3) is 0. The Morgan fingerprint density at radius 3 is 1.90 bits per heavy atom. The third-order valence-electron chi connectivity index (χ3n) is 3.21. The predicted octanol–water partition coefficient (Wildman–Crippen LogP) is 4.42. The standard InChI is InChI=1S/C16H8Cl2O2/c17-13-14(18)16(20)12-8-10(6-7-11(12)15(13)19)9-4-2-1-3-5-9/h1-8H. The Hall–Kier alpha value is -1.90. The number of hydrogen-bond donors (Lipinski definition) is 0. The van der Waals surface area contributed by atoms with Gasteiger partial charge in [0.2, 0.25) is 11.6 Å². The maximum absolute atomic E-state index is 12.1. The molecule has 0 N–H and O–H groups in total.